The number of rotatable bonds is 8. The maximum atomic E-state index is 12.4. The van der Waals surface area contributed by atoms with Crippen molar-refractivity contribution in [1.29, 1.82) is 0 Å². The summed E-state index contributed by atoms with van der Waals surface area (Å²) in [6.45, 7) is 4.02. The van der Waals surface area contributed by atoms with Gasteiger partial charge in [-0.25, -0.2) is 0 Å². The molecular formula is C30H29Cl2N5O3S. The minimum Gasteiger partial charge on any atom is -0.495 e. The van der Waals surface area contributed by atoms with E-state index >= 15 is 0 Å². The Kier molecular flexibility index (Phi) is 8.51. The number of hydrogen-bond donors (Lipinski definition) is 2. The molecule has 1 fully saturated rings. The molecule has 0 bridgehead atoms. The van der Waals surface area contributed by atoms with Gasteiger partial charge in [-0.05, 0) is 86.2 Å². The number of benzene rings is 2. The summed E-state index contributed by atoms with van der Waals surface area (Å²) in [7, 11) is 3.03. The second-order valence-electron chi connectivity index (χ2n) is 9.62. The first-order valence-corrected chi connectivity index (χ1v) is 14.0. The minimum absolute atomic E-state index is 0.0827. The molecule has 1 aliphatic rings. The van der Waals surface area contributed by atoms with Crippen LogP contribution in [0.25, 0.3) is 5.69 Å². The van der Waals surface area contributed by atoms with E-state index in [2.05, 4.69) is 38.1 Å². The van der Waals surface area contributed by atoms with E-state index in [4.69, 9.17) is 44.9 Å². The lowest BCUT2D eigenvalue weighted by Crippen LogP contribution is -2.29. The van der Waals surface area contributed by atoms with Gasteiger partial charge in [0.05, 0.1) is 41.3 Å². The van der Waals surface area contributed by atoms with Crippen LogP contribution in [0.1, 0.15) is 34.7 Å². The molecule has 41 heavy (non-hydrogen) atoms. The molecule has 1 amide bonds. The highest BCUT2D eigenvalue weighted by Gasteiger charge is 2.42. The lowest BCUT2D eigenvalue weighted by atomic mass is 9.96. The molecule has 5 rings (SSSR count). The van der Waals surface area contributed by atoms with Crippen LogP contribution in [0.15, 0.2) is 66.9 Å². The lowest BCUT2D eigenvalue weighted by molar-refractivity contribution is -0.119. The molecule has 0 radical (unpaired) electrons. The van der Waals surface area contributed by atoms with Crippen molar-refractivity contribution in [3.63, 3.8) is 0 Å². The molecule has 0 saturated carbocycles. The Morgan fingerprint density at radius 1 is 1.10 bits per heavy atom. The second-order valence-corrected chi connectivity index (χ2v) is 10.9. The third kappa shape index (κ3) is 5.63. The number of pyridine rings is 1. The number of ether oxygens (including phenoxy) is 2. The molecule has 0 aliphatic carbocycles. The fourth-order valence-corrected chi connectivity index (χ4v) is 6.17. The molecule has 2 aromatic carbocycles. The van der Waals surface area contributed by atoms with Crippen molar-refractivity contribution < 1.29 is 14.3 Å². The molecule has 1 saturated heterocycles. The first-order chi connectivity index (χ1) is 19.7. The molecule has 2 aromatic heterocycles. The standard InChI is InChI=1S/C30H29Cl2N5O3S/c1-17-13-21(18(2)36(17)25-10-8-19(31)14-22(25)32)29-28(23-7-5-6-12-33-23)35-30(41)37(29)20-9-11-26(40-4)24(15-20)34-27(38)16-39-3/h5-15,28-29H,16H2,1-4H3,(H,34,38)(H,35,41)/t28-,29+/m0/s1. The number of aryl methyl sites for hydroxylation is 1. The van der Waals surface area contributed by atoms with Gasteiger partial charge < -0.3 is 29.6 Å². The topological polar surface area (TPSA) is 80.7 Å². The van der Waals surface area contributed by atoms with Gasteiger partial charge in [0.2, 0.25) is 5.91 Å². The van der Waals surface area contributed by atoms with Gasteiger partial charge in [-0.3, -0.25) is 9.78 Å². The van der Waals surface area contributed by atoms with Gasteiger partial charge in [0.15, 0.2) is 5.11 Å². The maximum absolute atomic E-state index is 12.4. The van der Waals surface area contributed by atoms with E-state index in [1.54, 1.807) is 19.4 Å². The predicted octanol–water partition coefficient (Wildman–Crippen LogP) is 6.57. The van der Waals surface area contributed by atoms with E-state index in [0.29, 0.717) is 26.6 Å². The highest BCUT2D eigenvalue weighted by Crippen LogP contribution is 2.45. The van der Waals surface area contributed by atoms with Crippen LogP contribution in [0.3, 0.4) is 0 Å². The largest absolute Gasteiger partial charge is 0.495 e. The maximum Gasteiger partial charge on any atom is 0.250 e. The first-order valence-electron chi connectivity index (χ1n) is 12.8. The Bertz CT molecular complexity index is 1610. The fourth-order valence-electron chi connectivity index (χ4n) is 5.33. The molecule has 4 aromatic rings. The third-order valence-electron chi connectivity index (χ3n) is 7.05. The highest BCUT2D eigenvalue weighted by molar-refractivity contribution is 7.80. The minimum atomic E-state index is -0.295. The molecule has 0 spiro atoms. The summed E-state index contributed by atoms with van der Waals surface area (Å²) in [5.41, 5.74) is 6.00. The Morgan fingerprint density at radius 3 is 2.59 bits per heavy atom. The molecule has 0 unspecified atom stereocenters. The van der Waals surface area contributed by atoms with Crippen molar-refractivity contribution in [2.45, 2.75) is 25.9 Å². The monoisotopic (exact) mass is 609 g/mol. The van der Waals surface area contributed by atoms with Crippen molar-refractivity contribution >= 4 is 57.8 Å². The number of aromatic nitrogens is 2. The molecule has 1 aliphatic heterocycles. The van der Waals surface area contributed by atoms with Crippen LogP contribution in [0, 0.1) is 13.8 Å². The average molecular weight is 611 g/mol. The summed E-state index contributed by atoms with van der Waals surface area (Å²) in [5.74, 6) is 0.223. The summed E-state index contributed by atoms with van der Waals surface area (Å²) in [4.78, 5) is 19.1. The zero-order valence-electron chi connectivity index (χ0n) is 22.9. The first kappa shape index (κ1) is 28.9. The number of hydrogen-bond acceptors (Lipinski definition) is 5. The second kappa shape index (κ2) is 12.1. The third-order valence-corrected chi connectivity index (χ3v) is 7.90. The van der Waals surface area contributed by atoms with Crippen LogP contribution in [-0.2, 0) is 9.53 Å². The van der Waals surface area contributed by atoms with E-state index in [0.717, 1.165) is 34.0 Å². The van der Waals surface area contributed by atoms with Crippen LogP contribution >= 0.6 is 35.4 Å². The van der Waals surface area contributed by atoms with E-state index in [1.807, 2.05) is 55.5 Å². The predicted molar refractivity (Wildman–Crippen MR) is 167 cm³/mol. The van der Waals surface area contributed by atoms with Gasteiger partial charge in [-0.2, -0.15) is 0 Å². The Balaban J connectivity index is 1.66. The highest BCUT2D eigenvalue weighted by atomic mass is 35.5. The summed E-state index contributed by atoms with van der Waals surface area (Å²) in [5, 5.41) is 8.02. The Morgan fingerprint density at radius 2 is 1.90 bits per heavy atom. The average Bonchev–Trinajstić information content (AvgIpc) is 3.44. The summed E-state index contributed by atoms with van der Waals surface area (Å²) >= 11 is 18.8. The van der Waals surface area contributed by atoms with E-state index in [-0.39, 0.29) is 24.6 Å². The molecule has 11 heteroatoms. The molecule has 2 atom stereocenters. The van der Waals surface area contributed by atoms with Gasteiger partial charge in [0, 0.05) is 35.4 Å². The SMILES string of the molecule is COCC(=O)Nc1cc(N2C(=S)N[C@@H](c3ccccn3)[C@H]2c2cc(C)n(-c3ccc(Cl)cc3Cl)c2C)ccc1OC. The Hall–Kier alpha value is -3.63. The van der Waals surface area contributed by atoms with E-state index in [9.17, 15) is 4.79 Å². The van der Waals surface area contributed by atoms with Crippen molar-refractivity contribution in [2.24, 2.45) is 0 Å². The lowest BCUT2D eigenvalue weighted by Gasteiger charge is -2.29. The summed E-state index contributed by atoms with van der Waals surface area (Å²) in [6.07, 6.45) is 1.77. The van der Waals surface area contributed by atoms with Crippen molar-refractivity contribution in [3.8, 4) is 11.4 Å². The number of methoxy groups -OCH3 is 2. The number of thiocarbonyl (C=S) groups is 1. The van der Waals surface area contributed by atoms with Crippen LogP contribution in [0.4, 0.5) is 11.4 Å². The van der Waals surface area contributed by atoms with Crippen molar-refractivity contribution in [2.75, 3.05) is 31.0 Å². The van der Waals surface area contributed by atoms with Crippen LogP contribution in [-0.4, -0.2) is 41.4 Å². The zero-order chi connectivity index (χ0) is 29.3. The van der Waals surface area contributed by atoms with Gasteiger partial charge in [0.25, 0.3) is 0 Å². The summed E-state index contributed by atoms with van der Waals surface area (Å²) in [6, 6.07) is 18.5. The van der Waals surface area contributed by atoms with E-state index in [1.165, 1.54) is 7.11 Å². The van der Waals surface area contributed by atoms with Gasteiger partial charge in [-0.1, -0.05) is 29.3 Å². The van der Waals surface area contributed by atoms with Crippen LogP contribution in [0.5, 0.6) is 5.75 Å². The van der Waals surface area contributed by atoms with Crippen LogP contribution < -0.4 is 20.3 Å². The smallest absolute Gasteiger partial charge is 0.250 e. The van der Waals surface area contributed by atoms with Crippen molar-refractivity contribution in [3.05, 3.63) is 99.6 Å². The summed E-state index contributed by atoms with van der Waals surface area (Å²) < 4.78 is 12.6. The van der Waals surface area contributed by atoms with Crippen molar-refractivity contribution in [1.82, 2.24) is 14.9 Å². The van der Waals surface area contributed by atoms with E-state index < -0.39 is 0 Å². The fraction of sp³-hybridized carbons (Fsp3) is 0.233. The van der Waals surface area contributed by atoms with Gasteiger partial charge in [-0.15, -0.1) is 0 Å². The Labute approximate surface area is 254 Å². The zero-order valence-corrected chi connectivity index (χ0v) is 25.3. The number of halogens is 2. The number of nitrogens with zero attached hydrogens (tertiary/aromatic N) is 3. The molecule has 3 heterocycles. The van der Waals surface area contributed by atoms with Gasteiger partial charge in [0.1, 0.15) is 12.4 Å². The molecule has 212 valence electrons. The number of carbonyl (C=O) groups is 1. The number of anilines is 2. The quantitative estimate of drug-likeness (QED) is 0.219. The number of carbonyl (C=O) groups excluding carboxylic acids is 1. The molecular weight excluding hydrogens is 581 g/mol. The van der Waals surface area contributed by atoms with Gasteiger partial charge >= 0.3 is 0 Å². The molecule has 8 nitrogen and oxygen atoms in total. The molecule has 2 N–H and O–H groups in total. The van der Waals surface area contributed by atoms with Crippen LogP contribution in [0.2, 0.25) is 10.0 Å². The normalized spacial score (nSPS) is 16.5. The number of amides is 1. The number of nitrogens with one attached hydrogen (secondary N) is 2.